The van der Waals surface area contributed by atoms with Crippen LogP contribution in [0.2, 0.25) is 0 Å². The molecule has 0 heterocycles. The number of carbonyl (C=O) groups is 2. The maximum Gasteiger partial charge on any atom is 0.257 e. The third-order valence-corrected chi connectivity index (χ3v) is 3.27. The van der Waals surface area contributed by atoms with Crippen LogP contribution in [0.5, 0.6) is 11.5 Å². The van der Waals surface area contributed by atoms with E-state index in [1.807, 2.05) is 37.3 Å². The molecule has 0 radical (unpaired) electrons. The van der Waals surface area contributed by atoms with Crippen LogP contribution in [0.4, 0.5) is 0 Å². The summed E-state index contributed by atoms with van der Waals surface area (Å²) in [6.45, 7) is 1.93. The third kappa shape index (κ3) is 4.93. The van der Waals surface area contributed by atoms with Crippen LogP contribution >= 0.6 is 0 Å². The van der Waals surface area contributed by atoms with Crippen molar-refractivity contribution < 1.29 is 14.3 Å². The van der Waals surface area contributed by atoms with Crippen molar-refractivity contribution in [3.63, 3.8) is 0 Å². The lowest BCUT2D eigenvalue weighted by Crippen LogP contribution is -2.43. The average Bonchev–Trinajstić information content (AvgIpc) is 2.56. The quantitative estimate of drug-likeness (QED) is 0.859. The van der Waals surface area contributed by atoms with E-state index in [1.54, 1.807) is 24.3 Å². The monoisotopic (exact) mass is 312 g/mol. The number of nitrogens with two attached hydrogens (primary N) is 1. The summed E-state index contributed by atoms with van der Waals surface area (Å²) in [5, 5.41) is 2.31. The van der Waals surface area contributed by atoms with Gasteiger partial charge in [0.15, 0.2) is 0 Å². The lowest BCUT2D eigenvalue weighted by atomic mass is 10.1. The van der Waals surface area contributed by atoms with Crippen molar-refractivity contribution in [2.24, 2.45) is 5.73 Å². The Bertz CT molecular complexity index is 654. The van der Waals surface area contributed by atoms with E-state index in [9.17, 15) is 9.59 Å². The molecular formula is C18H20N2O3. The minimum atomic E-state index is -0.662. The van der Waals surface area contributed by atoms with Gasteiger partial charge in [0.2, 0.25) is 5.91 Å². The van der Waals surface area contributed by atoms with Crippen molar-refractivity contribution in [1.82, 2.24) is 5.32 Å². The minimum absolute atomic E-state index is 0.377. The molecule has 0 saturated heterocycles. The molecule has 0 spiro atoms. The molecule has 0 aliphatic carbocycles. The molecule has 1 atom stereocenters. The highest BCUT2D eigenvalue weighted by atomic mass is 16.5. The molecule has 23 heavy (non-hydrogen) atoms. The van der Waals surface area contributed by atoms with Gasteiger partial charge in [-0.25, -0.2) is 0 Å². The molecule has 2 amide bonds. The zero-order valence-corrected chi connectivity index (χ0v) is 13.0. The number of carbonyl (C=O) groups excluding carboxylic acids is 2. The SMILES string of the molecule is CCCC(N)C(=O)NC(=O)c1ccc(Oc2ccccc2)cc1. The number of para-hydroxylation sites is 1. The molecule has 0 bridgehead atoms. The Morgan fingerprint density at radius 2 is 1.65 bits per heavy atom. The molecule has 120 valence electrons. The van der Waals surface area contributed by atoms with Gasteiger partial charge < -0.3 is 10.5 Å². The van der Waals surface area contributed by atoms with Crippen LogP contribution in [0.15, 0.2) is 54.6 Å². The Hall–Kier alpha value is -2.66. The normalized spacial score (nSPS) is 11.6. The number of nitrogens with one attached hydrogen (secondary N) is 1. The summed E-state index contributed by atoms with van der Waals surface area (Å²) in [6, 6.07) is 15.2. The van der Waals surface area contributed by atoms with Crippen molar-refractivity contribution in [2.45, 2.75) is 25.8 Å². The van der Waals surface area contributed by atoms with E-state index in [0.717, 1.165) is 6.42 Å². The first-order valence-corrected chi connectivity index (χ1v) is 7.54. The van der Waals surface area contributed by atoms with Gasteiger partial charge in [0.1, 0.15) is 11.5 Å². The van der Waals surface area contributed by atoms with Crippen molar-refractivity contribution in [1.29, 1.82) is 0 Å². The predicted molar refractivity (Wildman–Crippen MR) is 88.3 cm³/mol. The Morgan fingerprint density at radius 1 is 1.04 bits per heavy atom. The maximum atomic E-state index is 12.0. The molecule has 0 fully saturated rings. The van der Waals surface area contributed by atoms with Crippen molar-refractivity contribution in [2.75, 3.05) is 0 Å². The van der Waals surface area contributed by atoms with Gasteiger partial charge in [-0.2, -0.15) is 0 Å². The van der Waals surface area contributed by atoms with Crippen LogP contribution in [-0.4, -0.2) is 17.9 Å². The zero-order valence-electron chi connectivity index (χ0n) is 13.0. The van der Waals surface area contributed by atoms with E-state index in [0.29, 0.717) is 23.5 Å². The van der Waals surface area contributed by atoms with E-state index in [4.69, 9.17) is 10.5 Å². The number of hydrogen-bond donors (Lipinski definition) is 2. The summed E-state index contributed by atoms with van der Waals surface area (Å²) in [4.78, 5) is 23.7. The highest BCUT2D eigenvalue weighted by Gasteiger charge is 2.16. The molecule has 2 rings (SSSR count). The molecular weight excluding hydrogens is 292 g/mol. The van der Waals surface area contributed by atoms with E-state index < -0.39 is 17.9 Å². The number of amides is 2. The van der Waals surface area contributed by atoms with E-state index in [2.05, 4.69) is 5.32 Å². The molecule has 2 aromatic rings. The summed E-state index contributed by atoms with van der Waals surface area (Å²) in [5.74, 6) is 0.404. The van der Waals surface area contributed by atoms with Crippen molar-refractivity contribution in [3.8, 4) is 11.5 Å². The fourth-order valence-corrected chi connectivity index (χ4v) is 2.02. The lowest BCUT2D eigenvalue weighted by molar-refractivity contribution is -0.121. The Morgan fingerprint density at radius 3 is 2.26 bits per heavy atom. The molecule has 0 aliphatic heterocycles. The fraction of sp³-hybridized carbons (Fsp3) is 0.222. The molecule has 5 nitrogen and oxygen atoms in total. The van der Waals surface area contributed by atoms with Crippen LogP contribution < -0.4 is 15.8 Å². The summed E-state index contributed by atoms with van der Waals surface area (Å²) >= 11 is 0. The van der Waals surface area contributed by atoms with Gasteiger partial charge in [-0.1, -0.05) is 31.5 Å². The van der Waals surface area contributed by atoms with Gasteiger partial charge in [-0.15, -0.1) is 0 Å². The average molecular weight is 312 g/mol. The van der Waals surface area contributed by atoms with E-state index >= 15 is 0 Å². The number of imide groups is 1. The molecule has 0 aliphatic rings. The molecule has 2 aromatic carbocycles. The molecule has 3 N–H and O–H groups in total. The fourth-order valence-electron chi connectivity index (χ4n) is 2.02. The standard InChI is InChI=1S/C18H20N2O3/c1-2-6-16(19)18(22)20-17(21)13-9-11-15(12-10-13)23-14-7-4-3-5-8-14/h3-5,7-12,16H,2,6,19H2,1H3,(H,20,21,22). The van der Waals surface area contributed by atoms with Crippen LogP contribution in [0.1, 0.15) is 30.1 Å². The highest BCUT2D eigenvalue weighted by molar-refractivity contribution is 6.06. The van der Waals surface area contributed by atoms with Crippen molar-refractivity contribution >= 4 is 11.8 Å². The Labute approximate surface area is 135 Å². The lowest BCUT2D eigenvalue weighted by Gasteiger charge is -2.10. The third-order valence-electron chi connectivity index (χ3n) is 3.27. The number of rotatable bonds is 6. The molecule has 5 heteroatoms. The Kier molecular flexibility index (Phi) is 5.88. The zero-order chi connectivity index (χ0) is 16.7. The van der Waals surface area contributed by atoms with Gasteiger partial charge in [-0.3, -0.25) is 14.9 Å². The molecule has 0 saturated carbocycles. The van der Waals surface area contributed by atoms with Crippen LogP contribution in [0.25, 0.3) is 0 Å². The van der Waals surface area contributed by atoms with Gasteiger partial charge in [0.25, 0.3) is 5.91 Å². The summed E-state index contributed by atoms with van der Waals surface area (Å²) in [5.41, 5.74) is 6.06. The second-order valence-electron chi connectivity index (χ2n) is 5.15. The summed E-state index contributed by atoms with van der Waals surface area (Å²) in [7, 11) is 0. The number of hydrogen-bond acceptors (Lipinski definition) is 4. The summed E-state index contributed by atoms with van der Waals surface area (Å²) in [6.07, 6.45) is 1.33. The smallest absolute Gasteiger partial charge is 0.257 e. The van der Waals surface area contributed by atoms with E-state index in [1.165, 1.54) is 0 Å². The first-order valence-electron chi connectivity index (χ1n) is 7.54. The molecule has 1 unspecified atom stereocenters. The van der Waals surface area contributed by atoms with E-state index in [-0.39, 0.29) is 0 Å². The number of ether oxygens (including phenoxy) is 1. The maximum absolute atomic E-state index is 12.0. The van der Waals surface area contributed by atoms with Crippen LogP contribution in [0.3, 0.4) is 0 Å². The van der Waals surface area contributed by atoms with Crippen LogP contribution in [0, 0.1) is 0 Å². The van der Waals surface area contributed by atoms with Crippen LogP contribution in [-0.2, 0) is 4.79 Å². The largest absolute Gasteiger partial charge is 0.457 e. The van der Waals surface area contributed by atoms with Gasteiger partial charge in [0.05, 0.1) is 6.04 Å². The summed E-state index contributed by atoms with van der Waals surface area (Å²) < 4.78 is 5.65. The second kappa shape index (κ2) is 8.10. The van der Waals surface area contributed by atoms with Crippen molar-refractivity contribution in [3.05, 3.63) is 60.2 Å². The van der Waals surface area contributed by atoms with Gasteiger partial charge >= 0.3 is 0 Å². The predicted octanol–water partition coefficient (Wildman–Crippen LogP) is 2.86. The minimum Gasteiger partial charge on any atom is -0.457 e. The second-order valence-corrected chi connectivity index (χ2v) is 5.15. The number of benzene rings is 2. The Balaban J connectivity index is 1.96. The van der Waals surface area contributed by atoms with Gasteiger partial charge in [0, 0.05) is 5.56 Å². The first-order chi connectivity index (χ1) is 11.1. The molecule has 0 aromatic heterocycles. The first kappa shape index (κ1) is 16.7. The van der Waals surface area contributed by atoms with Gasteiger partial charge in [-0.05, 0) is 42.8 Å². The highest BCUT2D eigenvalue weighted by Crippen LogP contribution is 2.21. The topological polar surface area (TPSA) is 81.4 Å².